The molecular weight excluding hydrogens is 692 g/mol. The number of phenolic OH excluding ortho intramolecular Hbond substituents is 1. The van der Waals surface area contributed by atoms with Crippen LogP contribution in [0.4, 0.5) is 14.6 Å². The molecule has 13 heteroatoms. The first-order valence-corrected chi connectivity index (χ1v) is 19.2. The molecule has 4 N–H and O–H groups in total. The SMILES string of the molecule is C#Cc1c(F)ccc2cc(O)cc(-c3ncc4c5nc(nc4c3F)OCC34CCCN3CC(C4)OCCCOCC34CCC(CN5C3)N4)c12.CCC.CN. The number of anilines is 1. The number of pyridine rings is 1. The van der Waals surface area contributed by atoms with Gasteiger partial charge in [0.25, 0.3) is 0 Å². The molecule has 4 atom stereocenters. The number of ether oxygens (including phenoxy) is 3. The molecule has 288 valence electrons. The average molecular weight is 744 g/mol. The summed E-state index contributed by atoms with van der Waals surface area (Å²) >= 11 is 0. The van der Waals surface area contributed by atoms with Gasteiger partial charge in [0.05, 0.1) is 34.7 Å². The molecule has 4 fully saturated rings. The molecule has 5 aliphatic heterocycles. The van der Waals surface area contributed by atoms with Gasteiger partial charge in [0.1, 0.15) is 35.2 Å². The number of benzene rings is 2. The summed E-state index contributed by atoms with van der Waals surface area (Å²) in [6, 6.07) is 5.86. The molecule has 2 aromatic heterocycles. The fraction of sp³-hybridized carbons (Fsp3) is 0.537. The number of aromatic nitrogens is 3. The normalized spacial score (nSPS) is 26.5. The third kappa shape index (κ3) is 7.06. The Morgan fingerprint density at radius 1 is 1.09 bits per heavy atom. The topological polar surface area (TPSA) is 131 Å². The second-order valence-corrected chi connectivity index (χ2v) is 15.1. The Morgan fingerprint density at radius 3 is 2.74 bits per heavy atom. The summed E-state index contributed by atoms with van der Waals surface area (Å²) in [6.45, 7) is 9.52. The zero-order valence-corrected chi connectivity index (χ0v) is 31.5. The molecule has 0 radical (unpaired) electrons. The summed E-state index contributed by atoms with van der Waals surface area (Å²) in [5.41, 5.74) is 4.08. The maximum atomic E-state index is 17.0. The van der Waals surface area contributed by atoms with Crippen molar-refractivity contribution in [2.75, 3.05) is 64.6 Å². The number of hydrogen-bond donors (Lipinski definition) is 3. The first-order valence-electron chi connectivity index (χ1n) is 19.2. The van der Waals surface area contributed by atoms with Crippen LogP contribution in [0.25, 0.3) is 32.9 Å². The number of fused-ring (bicyclic) bond motifs is 9. The average Bonchev–Trinajstić information content (AvgIpc) is 3.82. The molecule has 0 aliphatic carbocycles. The van der Waals surface area contributed by atoms with Gasteiger partial charge in [-0.2, -0.15) is 9.97 Å². The largest absolute Gasteiger partial charge is 0.508 e. The summed E-state index contributed by atoms with van der Waals surface area (Å²) in [6.07, 6.45) is 14.3. The summed E-state index contributed by atoms with van der Waals surface area (Å²) in [4.78, 5) is 18.8. The minimum Gasteiger partial charge on any atom is -0.508 e. The zero-order valence-electron chi connectivity index (χ0n) is 31.5. The van der Waals surface area contributed by atoms with Crippen molar-refractivity contribution in [1.82, 2.24) is 25.2 Å². The smallest absolute Gasteiger partial charge is 0.319 e. The summed E-state index contributed by atoms with van der Waals surface area (Å²) in [5, 5.41) is 15.6. The summed E-state index contributed by atoms with van der Waals surface area (Å²) < 4.78 is 51.0. The number of aromatic hydroxyl groups is 1. The molecule has 4 saturated heterocycles. The van der Waals surface area contributed by atoms with Crippen molar-refractivity contribution >= 4 is 27.5 Å². The van der Waals surface area contributed by atoms with Gasteiger partial charge in [-0.3, -0.25) is 9.88 Å². The number of rotatable bonds is 1. The predicted octanol–water partition coefficient (Wildman–Crippen LogP) is 5.53. The fourth-order valence-electron chi connectivity index (χ4n) is 9.03. The molecule has 0 saturated carbocycles. The monoisotopic (exact) mass is 743 g/mol. The molecule has 2 spiro atoms. The van der Waals surface area contributed by atoms with Crippen molar-refractivity contribution in [2.24, 2.45) is 5.73 Å². The molecule has 4 unspecified atom stereocenters. The highest BCUT2D eigenvalue weighted by molar-refractivity contribution is 6.03. The van der Waals surface area contributed by atoms with Crippen LogP contribution in [0.1, 0.15) is 64.4 Å². The van der Waals surface area contributed by atoms with Crippen LogP contribution in [0, 0.1) is 24.0 Å². The van der Waals surface area contributed by atoms with Crippen LogP contribution in [0.2, 0.25) is 0 Å². The number of nitrogens with two attached hydrogens (primary N) is 1. The van der Waals surface area contributed by atoms with E-state index in [1.807, 2.05) is 0 Å². The van der Waals surface area contributed by atoms with E-state index in [9.17, 15) is 9.50 Å². The maximum absolute atomic E-state index is 17.0. The Bertz CT molecular complexity index is 2050. The number of piperazine rings is 1. The number of phenols is 1. The van der Waals surface area contributed by atoms with E-state index < -0.39 is 11.6 Å². The van der Waals surface area contributed by atoms with E-state index in [1.54, 1.807) is 6.20 Å². The Hall–Kier alpha value is -4.19. The highest BCUT2D eigenvalue weighted by Crippen LogP contribution is 2.43. The van der Waals surface area contributed by atoms with E-state index in [0.29, 0.717) is 56.1 Å². The first kappa shape index (κ1) is 38.1. The van der Waals surface area contributed by atoms with E-state index in [0.717, 1.165) is 51.6 Å². The standard InChI is InChI=1S/C37H38F2N6O4.C3H8.CH5N/c1-2-26-29(38)6-5-22-13-24(46)14-27(30(22)26)32-31(39)33-28(16-40-32)34-42-35(41-33)49-21-37-8-3-10-45(37)18-25(15-37)48-12-4-11-47-20-36-9-7-23(43-36)17-44(34)19-36;1-3-2;1-2/h1,5-6,13-14,16,23,25,43,46H,3-4,7-12,15,17-21H2;3H2,1-2H3;2H2,1H3. The van der Waals surface area contributed by atoms with E-state index in [2.05, 4.69) is 50.6 Å². The minimum atomic E-state index is -0.734. The van der Waals surface area contributed by atoms with Gasteiger partial charge in [0, 0.05) is 56.0 Å². The van der Waals surface area contributed by atoms with E-state index in [1.165, 1.54) is 37.7 Å². The Morgan fingerprint density at radius 2 is 1.93 bits per heavy atom. The van der Waals surface area contributed by atoms with Crippen LogP contribution >= 0.6 is 0 Å². The lowest BCUT2D eigenvalue weighted by molar-refractivity contribution is 0.0239. The van der Waals surface area contributed by atoms with Crippen molar-refractivity contribution in [1.29, 1.82) is 0 Å². The van der Waals surface area contributed by atoms with E-state index >= 15 is 4.39 Å². The minimum absolute atomic E-state index is 0.0302. The van der Waals surface area contributed by atoms with Gasteiger partial charge >= 0.3 is 6.01 Å². The van der Waals surface area contributed by atoms with Crippen molar-refractivity contribution < 1.29 is 28.1 Å². The molecule has 7 bridgehead atoms. The molecule has 4 aromatic rings. The van der Waals surface area contributed by atoms with E-state index in [4.69, 9.17) is 25.6 Å². The molecule has 9 rings (SSSR count). The predicted molar refractivity (Wildman–Crippen MR) is 206 cm³/mol. The third-order valence-corrected chi connectivity index (χ3v) is 11.2. The molecule has 2 aromatic carbocycles. The van der Waals surface area contributed by atoms with E-state index in [-0.39, 0.29) is 62.7 Å². The van der Waals surface area contributed by atoms with Gasteiger partial charge in [0.15, 0.2) is 5.82 Å². The van der Waals surface area contributed by atoms with Crippen LogP contribution in [-0.4, -0.2) is 108 Å². The molecular formula is C41H51F2N7O4. The van der Waals surface area contributed by atoms with Crippen LogP contribution in [0.5, 0.6) is 11.8 Å². The van der Waals surface area contributed by atoms with Gasteiger partial charge in [-0.05, 0) is 75.7 Å². The lowest BCUT2D eigenvalue weighted by Gasteiger charge is -2.42. The molecule has 11 nitrogen and oxygen atoms in total. The zero-order chi connectivity index (χ0) is 38.0. The quantitative estimate of drug-likeness (QED) is 0.213. The number of hydrogen-bond acceptors (Lipinski definition) is 11. The number of terminal acetylenes is 1. The van der Waals surface area contributed by atoms with Gasteiger partial charge in [-0.15, -0.1) is 6.42 Å². The van der Waals surface area contributed by atoms with Gasteiger partial charge < -0.3 is 35.3 Å². The maximum Gasteiger partial charge on any atom is 0.319 e. The van der Waals surface area contributed by atoms with Crippen molar-refractivity contribution in [2.45, 2.75) is 82.0 Å². The molecule has 54 heavy (non-hydrogen) atoms. The van der Waals surface area contributed by atoms with Gasteiger partial charge in [0.2, 0.25) is 0 Å². The lowest BCUT2D eigenvalue weighted by Crippen LogP contribution is -2.62. The van der Waals surface area contributed by atoms with Crippen molar-refractivity contribution in [3.63, 3.8) is 0 Å². The van der Waals surface area contributed by atoms with Crippen LogP contribution in [0.3, 0.4) is 0 Å². The fourth-order valence-corrected chi connectivity index (χ4v) is 9.03. The summed E-state index contributed by atoms with van der Waals surface area (Å²) in [5.74, 6) is 1.47. The van der Waals surface area contributed by atoms with Crippen LogP contribution < -0.4 is 20.7 Å². The number of nitrogens with zero attached hydrogens (tertiary/aromatic N) is 5. The van der Waals surface area contributed by atoms with Crippen LogP contribution in [-0.2, 0) is 9.47 Å². The molecule has 7 heterocycles. The third-order valence-electron chi connectivity index (χ3n) is 11.2. The molecule has 5 aliphatic rings. The molecule has 0 amide bonds. The Kier molecular flexibility index (Phi) is 11.2. The number of nitrogens with one attached hydrogen (secondary N) is 1. The van der Waals surface area contributed by atoms with Gasteiger partial charge in [-0.1, -0.05) is 32.3 Å². The highest BCUT2D eigenvalue weighted by atomic mass is 19.1. The summed E-state index contributed by atoms with van der Waals surface area (Å²) in [7, 11) is 1.50. The Balaban J connectivity index is 0.000000859. The van der Waals surface area contributed by atoms with Crippen molar-refractivity contribution in [3.8, 4) is 35.4 Å². The Labute approximate surface area is 315 Å². The highest BCUT2D eigenvalue weighted by Gasteiger charge is 2.50. The lowest BCUT2D eigenvalue weighted by atomic mass is 9.94. The van der Waals surface area contributed by atoms with Crippen LogP contribution in [0.15, 0.2) is 30.5 Å². The van der Waals surface area contributed by atoms with Gasteiger partial charge in [-0.25, -0.2) is 8.78 Å². The first-order chi connectivity index (χ1) is 26.2. The second kappa shape index (κ2) is 15.9. The van der Waals surface area contributed by atoms with Crippen molar-refractivity contribution in [3.05, 3.63) is 47.7 Å². The second-order valence-electron chi connectivity index (χ2n) is 15.1. The number of halogens is 2.